The Hall–Kier alpha value is -2.23. The summed E-state index contributed by atoms with van der Waals surface area (Å²) in [4.78, 5) is 13.1. The maximum absolute atomic E-state index is 13.1. The first-order valence-electron chi connectivity index (χ1n) is 18.1. The van der Waals surface area contributed by atoms with E-state index in [9.17, 15) is 4.79 Å². The lowest BCUT2D eigenvalue weighted by atomic mass is 9.43. The van der Waals surface area contributed by atoms with Crippen LogP contribution in [0.1, 0.15) is 125 Å². The van der Waals surface area contributed by atoms with Crippen LogP contribution < -0.4 is 9.47 Å². The summed E-state index contributed by atoms with van der Waals surface area (Å²) in [6.45, 7) is 17.4. The lowest BCUT2D eigenvalue weighted by molar-refractivity contribution is -0.152. The van der Waals surface area contributed by atoms with Crippen LogP contribution in [-0.4, -0.2) is 26.3 Å². The van der Waals surface area contributed by atoms with Gasteiger partial charge in [-0.15, -0.1) is 0 Å². The molecule has 4 nitrogen and oxygen atoms in total. The molecule has 0 saturated heterocycles. The Bertz CT molecular complexity index is 1350. The normalized spacial score (nSPS) is 38.4. The summed E-state index contributed by atoms with van der Waals surface area (Å²) in [6.07, 6.45) is 20.4. The van der Waals surface area contributed by atoms with Crippen LogP contribution >= 0.6 is 0 Å². The molecule has 1 aromatic rings. The minimum atomic E-state index is -0.265. The Morgan fingerprint density at radius 2 is 1.69 bits per heavy atom. The average molecular weight is 617 g/mol. The topological polar surface area (TPSA) is 44.8 Å². The van der Waals surface area contributed by atoms with Gasteiger partial charge in [0.25, 0.3) is 0 Å². The number of hydrogen-bond acceptors (Lipinski definition) is 4. The number of carbonyl (C=O) groups is 1. The molecule has 0 bridgehead atoms. The molecule has 0 radical (unpaired) electrons. The maximum atomic E-state index is 13.1. The van der Waals surface area contributed by atoms with Gasteiger partial charge < -0.3 is 14.2 Å². The largest absolute Gasteiger partial charge is 0.493 e. The van der Waals surface area contributed by atoms with Gasteiger partial charge in [-0.05, 0) is 120 Å². The van der Waals surface area contributed by atoms with E-state index < -0.39 is 0 Å². The molecular weight excluding hydrogens is 556 g/mol. The Morgan fingerprint density at radius 3 is 2.40 bits per heavy atom. The number of methoxy groups -OCH3 is 2. The minimum Gasteiger partial charge on any atom is -0.493 e. The fraction of sp³-hybridized carbons (Fsp3) is 0.732. The molecular formula is C41H60O4. The van der Waals surface area contributed by atoms with Crippen molar-refractivity contribution in [1.29, 1.82) is 0 Å². The van der Waals surface area contributed by atoms with Crippen molar-refractivity contribution in [2.45, 2.75) is 125 Å². The van der Waals surface area contributed by atoms with E-state index in [4.69, 9.17) is 14.2 Å². The fourth-order valence-electron chi connectivity index (χ4n) is 12.1. The smallest absolute Gasteiger partial charge is 0.331 e. The summed E-state index contributed by atoms with van der Waals surface area (Å²) in [5.74, 6) is 4.36. The molecule has 4 saturated carbocycles. The first kappa shape index (κ1) is 32.7. The molecule has 0 amide bonds. The number of hydrogen-bond donors (Lipinski definition) is 0. The quantitative estimate of drug-likeness (QED) is 0.149. The van der Waals surface area contributed by atoms with Gasteiger partial charge in [0, 0.05) is 11.5 Å². The fourth-order valence-corrected chi connectivity index (χ4v) is 12.1. The van der Waals surface area contributed by atoms with Crippen LogP contribution in [0.25, 0.3) is 6.08 Å². The first-order chi connectivity index (χ1) is 21.3. The molecule has 5 aliphatic carbocycles. The molecule has 0 aromatic heterocycles. The Labute approximate surface area is 273 Å². The number of fused-ring (bicyclic) bond motifs is 2. The highest BCUT2D eigenvalue weighted by molar-refractivity contribution is 5.87. The molecule has 45 heavy (non-hydrogen) atoms. The molecule has 0 N–H and O–H groups in total. The van der Waals surface area contributed by atoms with Crippen molar-refractivity contribution in [3.05, 3.63) is 41.5 Å². The van der Waals surface area contributed by atoms with Crippen molar-refractivity contribution >= 4 is 12.0 Å². The number of benzene rings is 1. The Balaban J connectivity index is 1.17. The van der Waals surface area contributed by atoms with E-state index >= 15 is 0 Å². The highest BCUT2D eigenvalue weighted by Gasteiger charge is 2.80. The van der Waals surface area contributed by atoms with Crippen LogP contribution in [-0.2, 0) is 9.53 Å². The second kappa shape index (κ2) is 11.5. The minimum absolute atomic E-state index is 0.0990. The molecule has 6 rings (SSSR count). The van der Waals surface area contributed by atoms with Gasteiger partial charge in [-0.3, -0.25) is 0 Å². The van der Waals surface area contributed by atoms with Crippen molar-refractivity contribution in [1.82, 2.24) is 0 Å². The van der Waals surface area contributed by atoms with Gasteiger partial charge in [-0.25, -0.2) is 4.79 Å². The van der Waals surface area contributed by atoms with Crippen LogP contribution in [0.5, 0.6) is 11.5 Å². The molecule has 0 heterocycles. The maximum Gasteiger partial charge on any atom is 0.331 e. The zero-order chi connectivity index (χ0) is 32.4. The van der Waals surface area contributed by atoms with Gasteiger partial charge in [0.1, 0.15) is 6.10 Å². The molecule has 248 valence electrons. The van der Waals surface area contributed by atoms with E-state index in [1.165, 1.54) is 57.8 Å². The van der Waals surface area contributed by atoms with Gasteiger partial charge >= 0.3 is 5.97 Å². The van der Waals surface area contributed by atoms with Crippen molar-refractivity contribution in [3.63, 3.8) is 0 Å². The zero-order valence-corrected chi connectivity index (χ0v) is 29.8. The Morgan fingerprint density at radius 1 is 0.933 bits per heavy atom. The Kier molecular flexibility index (Phi) is 8.34. The molecule has 5 aliphatic rings. The number of carbonyl (C=O) groups excluding carboxylic acids is 1. The van der Waals surface area contributed by atoms with Crippen molar-refractivity contribution in [2.75, 3.05) is 14.2 Å². The van der Waals surface area contributed by atoms with E-state index in [0.717, 1.165) is 42.1 Å². The molecule has 4 fully saturated rings. The van der Waals surface area contributed by atoms with E-state index in [1.54, 1.807) is 25.9 Å². The predicted octanol–water partition coefficient (Wildman–Crippen LogP) is 10.5. The van der Waals surface area contributed by atoms with Gasteiger partial charge in [-0.1, -0.05) is 85.4 Å². The first-order valence-corrected chi connectivity index (χ1v) is 18.1. The van der Waals surface area contributed by atoms with Gasteiger partial charge in [0.15, 0.2) is 11.5 Å². The van der Waals surface area contributed by atoms with Crippen LogP contribution in [0.4, 0.5) is 0 Å². The van der Waals surface area contributed by atoms with Gasteiger partial charge in [0.05, 0.1) is 14.2 Å². The van der Waals surface area contributed by atoms with Gasteiger partial charge in [0.2, 0.25) is 0 Å². The zero-order valence-electron chi connectivity index (χ0n) is 29.8. The number of allylic oxidation sites excluding steroid dienone is 1. The molecule has 1 aromatic carbocycles. The number of rotatable bonds is 10. The van der Waals surface area contributed by atoms with E-state index in [2.05, 4.69) is 54.5 Å². The molecule has 4 heteroatoms. The lowest BCUT2D eigenvalue weighted by Crippen LogP contribution is -2.55. The second-order valence-electron chi connectivity index (χ2n) is 17.2. The van der Waals surface area contributed by atoms with Crippen molar-refractivity contribution in [2.24, 2.45) is 50.7 Å². The number of esters is 1. The van der Waals surface area contributed by atoms with Crippen molar-refractivity contribution in [3.8, 4) is 11.5 Å². The van der Waals surface area contributed by atoms with E-state index in [-0.39, 0.29) is 17.5 Å². The third-order valence-corrected chi connectivity index (χ3v) is 14.7. The summed E-state index contributed by atoms with van der Waals surface area (Å²) in [5.41, 5.74) is 4.01. The highest BCUT2D eigenvalue weighted by Crippen LogP contribution is 2.88. The third-order valence-electron chi connectivity index (χ3n) is 14.7. The monoisotopic (exact) mass is 616 g/mol. The van der Waals surface area contributed by atoms with Crippen molar-refractivity contribution < 1.29 is 19.0 Å². The summed E-state index contributed by atoms with van der Waals surface area (Å²) in [5, 5.41) is 0. The second-order valence-corrected chi connectivity index (χ2v) is 17.2. The average Bonchev–Trinajstić information content (AvgIpc) is 3.58. The molecule has 8 unspecified atom stereocenters. The van der Waals surface area contributed by atoms with E-state index in [1.807, 2.05) is 24.3 Å². The summed E-state index contributed by atoms with van der Waals surface area (Å²) in [6, 6.07) is 5.66. The van der Waals surface area contributed by atoms with Crippen LogP contribution in [0.15, 0.2) is 35.9 Å². The van der Waals surface area contributed by atoms with E-state index in [0.29, 0.717) is 33.2 Å². The third kappa shape index (κ3) is 4.93. The lowest BCUT2D eigenvalue weighted by Gasteiger charge is -2.61. The molecule has 8 atom stereocenters. The summed E-state index contributed by atoms with van der Waals surface area (Å²) < 4.78 is 17.0. The number of ether oxygens (including phenoxy) is 3. The predicted molar refractivity (Wildman–Crippen MR) is 183 cm³/mol. The van der Waals surface area contributed by atoms with Gasteiger partial charge in [-0.2, -0.15) is 0 Å². The summed E-state index contributed by atoms with van der Waals surface area (Å²) >= 11 is 0. The van der Waals surface area contributed by atoms with Crippen LogP contribution in [0.2, 0.25) is 0 Å². The summed E-state index contributed by atoms with van der Waals surface area (Å²) in [7, 11) is 3.25. The van der Waals surface area contributed by atoms with Crippen LogP contribution in [0, 0.1) is 50.7 Å². The highest BCUT2D eigenvalue weighted by atomic mass is 16.5. The standard InChI is InChI=1S/C41H60O4/c1-27(2)11-10-12-28(3)30-19-21-39(7)34-17-16-33-37(4,5)35(20-22-40(33)26-41(34,40)24-23-38(30,39)6)45-36(42)18-14-29-13-15-31(43-8)32(25-29)44-9/h13-16,18,25,27-28,30,34-35H,10-12,17,19-24,26H2,1-9H3/b18-14+. The van der Waals surface area contributed by atoms with Crippen LogP contribution in [0.3, 0.4) is 0 Å². The molecule has 0 aliphatic heterocycles. The SMILES string of the molecule is COc1ccc(/C=C/C(=O)OC2CCC34CC35CCC3(C)C(C(C)CCCC(C)C)CCC3(C)C5CC=C4C2(C)C)cc1OC. The molecule has 2 spiro atoms.